The molecule has 0 aromatic heterocycles. The second-order valence-electron chi connectivity index (χ2n) is 4.60. The molecule has 0 aliphatic heterocycles. The number of hydrogen-bond acceptors (Lipinski definition) is 1. The molecule has 0 amide bonds. The summed E-state index contributed by atoms with van der Waals surface area (Å²) in [6.45, 7) is 2.86. The molecule has 2 rings (SSSR count). The molecule has 0 saturated carbocycles. The van der Waals surface area contributed by atoms with Crippen LogP contribution in [0.2, 0.25) is 5.02 Å². The number of nitrogens with one attached hydrogen (secondary N) is 1. The lowest BCUT2D eigenvalue weighted by molar-refractivity contribution is 0.528. The number of hydrogen-bond donors (Lipinski definition) is 1. The molecule has 1 atom stereocenters. The van der Waals surface area contributed by atoms with Crippen LogP contribution < -0.4 is 5.32 Å². The molecule has 1 unspecified atom stereocenters. The van der Waals surface area contributed by atoms with Gasteiger partial charge in [0.1, 0.15) is 5.82 Å². The molecule has 2 aromatic rings. The Morgan fingerprint density at radius 2 is 1.90 bits per heavy atom. The van der Waals surface area contributed by atoms with Crippen LogP contribution in [0.15, 0.2) is 46.9 Å². The molecule has 106 valence electrons. The Bertz CT molecular complexity index is 571. The minimum absolute atomic E-state index is 0.0704. The molecule has 1 nitrogen and oxygen atoms in total. The van der Waals surface area contributed by atoms with Gasteiger partial charge < -0.3 is 5.32 Å². The maximum Gasteiger partial charge on any atom is 0.126 e. The maximum absolute atomic E-state index is 13.9. The van der Waals surface area contributed by atoms with Crippen LogP contribution in [-0.4, -0.2) is 6.54 Å². The van der Waals surface area contributed by atoms with E-state index in [4.69, 9.17) is 11.6 Å². The summed E-state index contributed by atoms with van der Waals surface area (Å²) in [5, 5.41) is 3.95. The molecule has 0 fully saturated rings. The van der Waals surface area contributed by atoms with Gasteiger partial charge in [-0.2, -0.15) is 0 Å². The standard InChI is InChI=1S/C16H16BrClFN/c1-2-20-16(11-3-5-13(17)6-4-11)10-12-9-14(18)7-8-15(12)19/h3-9,16,20H,2,10H2,1H3. The van der Waals surface area contributed by atoms with Crippen LogP contribution in [0.5, 0.6) is 0 Å². The van der Waals surface area contributed by atoms with Crippen molar-refractivity contribution in [3.63, 3.8) is 0 Å². The van der Waals surface area contributed by atoms with Crippen molar-refractivity contribution >= 4 is 27.5 Å². The van der Waals surface area contributed by atoms with E-state index < -0.39 is 0 Å². The average molecular weight is 357 g/mol. The molecule has 20 heavy (non-hydrogen) atoms. The van der Waals surface area contributed by atoms with Gasteiger partial charge in [-0.15, -0.1) is 0 Å². The Kier molecular flexibility index (Phi) is 5.58. The van der Waals surface area contributed by atoms with Crippen molar-refractivity contribution in [3.05, 3.63) is 68.9 Å². The predicted molar refractivity (Wildman–Crippen MR) is 85.7 cm³/mol. The first-order valence-electron chi connectivity index (χ1n) is 6.53. The van der Waals surface area contributed by atoms with E-state index in [2.05, 4.69) is 21.2 Å². The highest BCUT2D eigenvalue weighted by Crippen LogP contribution is 2.24. The summed E-state index contributed by atoms with van der Waals surface area (Å²) in [7, 11) is 0. The van der Waals surface area contributed by atoms with E-state index in [9.17, 15) is 4.39 Å². The second kappa shape index (κ2) is 7.21. The number of rotatable bonds is 5. The summed E-state index contributed by atoms with van der Waals surface area (Å²) in [5.41, 5.74) is 1.76. The topological polar surface area (TPSA) is 12.0 Å². The normalized spacial score (nSPS) is 12.4. The molecule has 4 heteroatoms. The molecule has 0 radical (unpaired) electrons. The van der Waals surface area contributed by atoms with Gasteiger partial charge in [-0.1, -0.05) is 46.6 Å². The first-order chi connectivity index (χ1) is 9.60. The Labute approximate surface area is 132 Å². The third-order valence-electron chi connectivity index (χ3n) is 3.15. The zero-order valence-electron chi connectivity index (χ0n) is 11.2. The van der Waals surface area contributed by atoms with Gasteiger partial charge in [-0.3, -0.25) is 0 Å². The van der Waals surface area contributed by atoms with Crippen molar-refractivity contribution in [2.75, 3.05) is 6.54 Å². The Hall–Kier alpha value is -0.900. The van der Waals surface area contributed by atoms with E-state index in [1.807, 2.05) is 31.2 Å². The Morgan fingerprint density at radius 3 is 2.55 bits per heavy atom. The lowest BCUT2D eigenvalue weighted by Crippen LogP contribution is -2.23. The van der Waals surface area contributed by atoms with Crippen LogP contribution in [0.1, 0.15) is 24.1 Å². The minimum atomic E-state index is -0.214. The molecular formula is C16H16BrClFN. The molecule has 0 bridgehead atoms. The monoisotopic (exact) mass is 355 g/mol. The van der Waals surface area contributed by atoms with Gasteiger partial charge >= 0.3 is 0 Å². The van der Waals surface area contributed by atoms with Crippen LogP contribution in [0.4, 0.5) is 4.39 Å². The lowest BCUT2D eigenvalue weighted by Gasteiger charge is -2.19. The van der Waals surface area contributed by atoms with Gasteiger partial charge in [0.25, 0.3) is 0 Å². The quantitative estimate of drug-likeness (QED) is 0.782. The van der Waals surface area contributed by atoms with Gasteiger partial charge in [0.05, 0.1) is 0 Å². The summed E-state index contributed by atoms with van der Waals surface area (Å²) < 4.78 is 14.9. The highest BCUT2D eigenvalue weighted by atomic mass is 79.9. The van der Waals surface area contributed by atoms with Crippen molar-refractivity contribution < 1.29 is 4.39 Å². The Balaban J connectivity index is 2.25. The van der Waals surface area contributed by atoms with Gasteiger partial charge in [0.15, 0.2) is 0 Å². The summed E-state index contributed by atoms with van der Waals surface area (Å²) >= 11 is 9.37. The van der Waals surface area contributed by atoms with E-state index in [1.54, 1.807) is 12.1 Å². The summed E-state index contributed by atoms with van der Waals surface area (Å²) in [6, 6.07) is 12.8. The molecule has 0 spiro atoms. The molecule has 0 aliphatic rings. The van der Waals surface area contributed by atoms with E-state index in [1.165, 1.54) is 6.07 Å². The van der Waals surface area contributed by atoms with Crippen molar-refractivity contribution in [2.45, 2.75) is 19.4 Å². The van der Waals surface area contributed by atoms with Crippen LogP contribution in [-0.2, 0) is 6.42 Å². The van der Waals surface area contributed by atoms with E-state index in [0.717, 1.165) is 16.6 Å². The molecule has 0 saturated heterocycles. The number of halogens is 3. The Morgan fingerprint density at radius 1 is 1.20 bits per heavy atom. The second-order valence-corrected chi connectivity index (χ2v) is 5.95. The van der Waals surface area contributed by atoms with Gasteiger partial charge in [0.2, 0.25) is 0 Å². The zero-order chi connectivity index (χ0) is 14.5. The fourth-order valence-corrected chi connectivity index (χ4v) is 2.63. The van der Waals surface area contributed by atoms with E-state index in [0.29, 0.717) is 17.0 Å². The van der Waals surface area contributed by atoms with Crippen molar-refractivity contribution in [1.29, 1.82) is 0 Å². The van der Waals surface area contributed by atoms with Gasteiger partial charge in [-0.25, -0.2) is 4.39 Å². The van der Waals surface area contributed by atoms with Gasteiger partial charge in [-0.05, 0) is 54.4 Å². The third kappa shape index (κ3) is 4.05. The number of likely N-dealkylation sites (N-methyl/N-ethyl adjacent to an activating group) is 1. The largest absolute Gasteiger partial charge is 0.310 e. The molecule has 2 aromatic carbocycles. The van der Waals surface area contributed by atoms with Crippen LogP contribution in [0.3, 0.4) is 0 Å². The number of benzene rings is 2. The predicted octanol–water partition coefficient (Wildman–Crippen LogP) is 5.13. The molecule has 1 N–H and O–H groups in total. The lowest BCUT2D eigenvalue weighted by atomic mass is 9.98. The molecular weight excluding hydrogens is 341 g/mol. The fourth-order valence-electron chi connectivity index (χ4n) is 2.17. The summed E-state index contributed by atoms with van der Waals surface area (Å²) in [5.74, 6) is -0.214. The van der Waals surface area contributed by atoms with Crippen LogP contribution >= 0.6 is 27.5 Å². The highest BCUT2D eigenvalue weighted by molar-refractivity contribution is 9.10. The highest BCUT2D eigenvalue weighted by Gasteiger charge is 2.14. The SMILES string of the molecule is CCNC(Cc1cc(Cl)ccc1F)c1ccc(Br)cc1. The van der Waals surface area contributed by atoms with E-state index in [-0.39, 0.29) is 11.9 Å². The average Bonchev–Trinajstić information content (AvgIpc) is 2.43. The zero-order valence-corrected chi connectivity index (χ0v) is 13.5. The smallest absolute Gasteiger partial charge is 0.126 e. The summed E-state index contributed by atoms with van der Waals surface area (Å²) in [4.78, 5) is 0. The first kappa shape index (κ1) is 15.5. The van der Waals surface area contributed by atoms with Crippen LogP contribution in [0, 0.1) is 5.82 Å². The minimum Gasteiger partial charge on any atom is -0.310 e. The maximum atomic E-state index is 13.9. The van der Waals surface area contributed by atoms with Crippen molar-refractivity contribution in [3.8, 4) is 0 Å². The fraction of sp³-hybridized carbons (Fsp3) is 0.250. The van der Waals surface area contributed by atoms with Crippen molar-refractivity contribution in [2.24, 2.45) is 0 Å². The van der Waals surface area contributed by atoms with E-state index >= 15 is 0 Å². The van der Waals surface area contributed by atoms with Crippen LogP contribution in [0.25, 0.3) is 0 Å². The molecule has 0 aliphatic carbocycles. The molecule has 0 heterocycles. The summed E-state index contributed by atoms with van der Waals surface area (Å²) in [6.07, 6.45) is 0.571. The van der Waals surface area contributed by atoms with Crippen molar-refractivity contribution in [1.82, 2.24) is 5.32 Å². The first-order valence-corrected chi connectivity index (χ1v) is 7.70. The third-order valence-corrected chi connectivity index (χ3v) is 3.92. The van der Waals surface area contributed by atoms with Gasteiger partial charge in [0, 0.05) is 15.5 Å².